The van der Waals surface area contributed by atoms with Gasteiger partial charge in [0.2, 0.25) is 5.88 Å². The summed E-state index contributed by atoms with van der Waals surface area (Å²) in [7, 11) is -3.81. The van der Waals surface area contributed by atoms with Crippen molar-refractivity contribution in [1.82, 2.24) is 24.9 Å². The summed E-state index contributed by atoms with van der Waals surface area (Å²) >= 11 is 0. The average molecular weight is 426 g/mol. The summed E-state index contributed by atoms with van der Waals surface area (Å²) in [5, 5.41) is 11.9. The van der Waals surface area contributed by atoms with Gasteiger partial charge in [0.15, 0.2) is 16.5 Å². The van der Waals surface area contributed by atoms with Gasteiger partial charge in [0.05, 0.1) is 0 Å². The molecule has 0 saturated heterocycles. The number of nitrogens with zero attached hydrogens (tertiary/aromatic N) is 5. The summed E-state index contributed by atoms with van der Waals surface area (Å²) in [6, 6.07) is 9.88. The Morgan fingerprint density at radius 3 is 2.37 bits per heavy atom. The minimum absolute atomic E-state index is 0.0336. The van der Waals surface area contributed by atoms with Crippen molar-refractivity contribution in [3.63, 3.8) is 0 Å². The van der Waals surface area contributed by atoms with Crippen LogP contribution in [0, 0.1) is 20.8 Å². The highest BCUT2D eigenvalue weighted by Gasteiger charge is 2.24. The molecule has 3 aromatic heterocycles. The number of nitrogens with one attached hydrogen (secondary N) is 1. The summed E-state index contributed by atoms with van der Waals surface area (Å²) < 4.78 is 40.0. The lowest BCUT2D eigenvalue weighted by Gasteiger charge is -2.09. The summed E-state index contributed by atoms with van der Waals surface area (Å²) in [6.07, 6.45) is 3.48. The molecule has 0 aliphatic carbocycles. The first-order valence-corrected chi connectivity index (χ1v) is 10.4. The Kier molecular flexibility index (Phi) is 4.96. The molecule has 3 heterocycles. The van der Waals surface area contributed by atoms with Crippen LogP contribution in [0.4, 0.5) is 5.69 Å². The van der Waals surface area contributed by atoms with Gasteiger partial charge < -0.3 is 9.26 Å². The van der Waals surface area contributed by atoms with E-state index in [4.69, 9.17) is 9.26 Å². The number of imidazole rings is 1. The van der Waals surface area contributed by atoms with E-state index in [1.165, 1.54) is 0 Å². The molecule has 0 unspecified atom stereocenters. The van der Waals surface area contributed by atoms with Crippen LogP contribution in [0.1, 0.15) is 17.3 Å². The van der Waals surface area contributed by atoms with Crippen molar-refractivity contribution in [3.8, 4) is 17.4 Å². The number of aromatic nitrogens is 5. The number of anilines is 1. The maximum atomic E-state index is 12.6. The Hall–Kier alpha value is -3.73. The maximum absolute atomic E-state index is 12.6. The SMILES string of the molecule is Cc1noc(C)c1S(=O)(=O)Nc1ccc(Oc2ccc(-n3ccnc3C)nn2)cc1. The zero-order valence-corrected chi connectivity index (χ0v) is 17.2. The molecule has 0 aliphatic rings. The summed E-state index contributed by atoms with van der Waals surface area (Å²) in [6.45, 7) is 4.99. The van der Waals surface area contributed by atoms with Crippen LogP contribution in [0.5, 0.6) is 11.6 Å². The second kappa shape index (κ2) is 7.59. The van der Waals surface area contributed by atoms with Crippen molar-refractivity contribution in [2.45, 2.75) is 25.7 Å². The molecule has 154 valence electrons. The van der Waals surface area contributed by atoms with E-state index in [9.17, 15) is 8.42 Å². The van der Waals surface area contributed by atoms with Gasteiger partial charge in [-0.1, -0.05) is 5.16 Å². The minimum Gasteiger partial charge on any atom is -0.438 e. The van der Waals surface area contributed by atoms with Crippen LogP contribution in [-0.4, -0.2) is 33.3 Å². The minimum atomic E-state index is -3.81. The normalized spacial score (nSPS) is 11.4. The predicted octanol–water partition coefficient (Wildman–Crippen LogP) is 3.17. The van der Waals surface area contributed by atoms with Gasteiger partial charge in [-0.05, 0) is 51.1 Å². The third-order valence-corrected chi connectivity index (χ3v) is 5.89. The quantitative estimate of drug-likeness (QED) is 0.498. The Labute approximate surface area is 172 Å². The fourth-order valence-corrected chi connectivity index (χ4v) is 4.28. The third kappa shape index (κ3) is 3.87. The van der Waals surface area contributed by atoms with Gasteiger partial charge in [0.1, 0.15) is 17.3 Å². The third-order valence-electron chi connectivity index (χ3n) is 4.26. The van der Waals surface area contributed by atoms with Crippen LogP contribution in [0.25, 0.3) is 5.82 Å². The smallest absolute Gasteiger partial charge is 0.267 e. The molecule has 0 atom stereocenters. The lowest BCUT2D eigenvalue weighted by atomic mass is 10.3. The van der Waals surface area contributed by atoms with Crippen LogP contribution in [-0.2, 0) is 10.0 Å². The Balaban J connectivity index is 1.46. The topological polar surface area (TPSA) is 125 Å². The molecular formula is C19H18N6O4S. The van der Waals surface area contributed by atoms with Gasteiger partial charge in [-0.2, -0.15) is 0 Å². The van der Waals surface area contributed by atoms with E-state index in [1.807, 2.05) is 6.92 Å². The van der Waals surface area contributed by atoms with Crippen molar-refractivity contribution in [1.29, 1.82) is 0 Å². The number of sulfonamides is 1. The number of hydrogen-bond donors (Lipinski definition) is 1. The van der Waals surface area contributed by atoms with E-state index in [0.717, 1.165) is 5.82 Å². The molecule has 4 aromatic rings. The molecule has 0 aliphatic heterocycles. The molecule has 0 bridgehead atoms. The van der Waals surface area contributed by atoms with Crippen molar-refractivity contribution in [3.05, 3.63) is 66.1 Å². The molecule has 4 rings (SSSR count). The predicted molar refractivity (Wildman–Crippen MR) is 107 cm³/mol. The molecular weight excluding hydrogens is 408 g/mol. The zero-order valence-electron chi connectivity index (χ0n) is 16.4. The van der Waals surface area contributed by atoms with E-state index in [0.29, 0.717) is 28.8 Å². The molecule has 30 heavy (non-hydrogen) atoms. The van der Waals surface area contributed by atoms with Crippen LogP contribution in [0.15, 0.2) is 58.2 Å². The van der Waals surface area contributed by atoms with E-state index in [1.54, 1.807) is 67.2 Å². The van der Waals surface area contributed by atoms with Crippen LogP contribution < -0.4 is 9.46 Å². The first-order valence-electron chi connectivity index (χ1n) is 8.91. The number of rotatable bonds is 6. The Bertz CT molecular complexity index is 1260. The van der Waals surface area contributed by atoms with E-state index in [2.05, 4.69) is 25.1 Å². The molecule has 0 radical (unpaired) electrons. The van der Waals surface area contributed by atoms with Crippen LogP contribution in [0.3, 0.4) is 0 Å². The summed E-state index contributed by atoms with van der Waals surface area (Å²) in [5.41, 5.74) is 0.673. The van der Waals surface area contributed by atoms with Gasteiger partial charge >= 0.3 is 0 Å². The molecule has 11 heteroatoms. The van der Waals surface area contributed by atoms with Gasteiger partial charge in [-0.15, -0.1) is 10.2 Å². The zero-order chi connectivity index (χ0) is 21.3. The van der Waals surface area contributed by atoms with E-state index in [-0.39, 0.29) is 10.7 Å². The van der Waals surface area contributed by atoms with Crippen molar-refractivity contribution >= 4 is 15.7 Å². The lowest BCUT2D eigenvalue weighted by molar-refractivity contribution is 0.390. The van der Waals surface area contributed by atoms with Gasteiger partial charge in [0, 0.05) is 24.1 Å². The summed E-state index contributed by atoms with van der Waals surface area (Å²) in [4.78, 5) is 4.18. The van der Waals surface area contributed by atoms with Crippen molar-refractivity contribution in [2.75, 3.05) is 4.72 Å². The molecule has 1 aromatic carbocycles. The number of ether oxygens (including phenoxy) is 1. The fourth-order valence-electron chi connectivity index (χ4n) is 2.89. The molecule has 0 spiro atoms. The Morgan fingerprint density at radius 1 is 1.03 bits per heavy atom. The monoisotopic (exact) mass is 426 g/mol. The van der Waals surface area contributed by atoms with Gasteiger partial charge in [-0.3, -0.25) is 9.29 Å². The highest BCUT2D eigenvalue weighted by Crippen LogP contribution is 2.25. The maximum Gasteiger partial charge on any atom is 0.267 e. The molecule has 1 N–H and O–H groups in total. The van der Waals surface area contributed by atoms with E-state index >= 15 is 0 Å². The first-order chi connectivity index (χ1) is 14.3. The molecule has 10 nitrogen and oxygen atoms in total. The average Bonchev–Trinajstić information content (AvgIpc) is 3.29. The van der Waals surface area contributed by atoms with Crippen LogP contribution >= 0.6 is 0 Å². The highest BCUT2D eigenvalue weighted by atomic mass is 32.2. The molecule has 0 saturated carbocycles. The first kappa shape index (κ1) is 19.6. The second-order valence-electron chi connectivity index (χ2n) is 6.46. The van der Waals surface area contributed by atoms with Crippen molar-refractivity contribution < 1.29 is 17.7 Å². The number of hydrogen-bond acceptors (Lipinski definition) is 8. The molecule has 0 fully saturated rings. The van der Waals surface area contributed by atoms with Gasteiger partial charge in [-0.25, -0.2) is 13.4 Å². The van der Waals surface area contributed by atoms with Crippen molar-refractivity contribution in [2.24, 2.45) is 0 Å². The van der Waals surface area contributed by atoms with Crippen LogP contribution in [0.2, 0.25) is 0 Å². The second-order valence-corrected chi connectivity index (χ2v) is 8.08. The number of benzene rings is 1. The Morgan fingerprint density at radius 2 is 1.80 bits per heavy atom. The fraction of sp³-hybridized carbons (Fsp3) is 0.158. The number of aryl methyl sites for hydroxylation is 3. The summed E-state index contributed by atoms with van der Waals surface area (Å²) in [5.74, 6) is 2.44. The lowest BCUT2D eigenvalue weighted by Crippen LogP contribution is -2.14. The molecule has 0 amide bonds. The largest absolute Gasteiger partial charge is 0.438 e. The van der Waals surface area contributed by atoms with Gasteiger partial charge in [0.25, 0.3) is 10.0 Å². The highest BCUT2D eigenvalue weighted by molar-refractivity contribution is 7.92. The standard InChI is InChI=1S/C19H18N6O4S/c1-12-19(13(2)29-23-12)30(26,27)24-15-4-6-16(7-5-15)28-18-9-8-17(21-22-18)25-11-10-20-14(25)3/h4-11,24H,1-3H3. The van der Waals surface area contributed by atoms with E-state index < -0.39 is 10.0 Å².